The normalized spacial score (nSPS) is 40.6. The fourth-order valence-corrected chi connectivity index (χ4v) is 4.84. The average Bonchev–Trinajstić information content (AvgIpc) is 2.83. The van der Waals surface area contributed by atoms with E-state index in [2.05, 4.69) is 49.3 Å². The van der Waals surface area contributed by atoms with Crippen molar-refractivity contribution in [2.45, 2.75) is 46.7 Å². The summed E-state index contributed by atoms with van der Waals surface area (Å²) in [5.41, 5.74) is 1.11. The second kappa shape index (κ2) is 4.44. The van der Waals surface area contributed by atoms with Gasteiger partial charge in [-0.25, -0.2) is 0 Å². The van der Waals surface area contributed by atoms with Crippen LogP contribution in [0.3, 0.4) is 0 Å². The Bertz CT molecular complexity index is 306. The molecule has 0 aromatic rings. The molecule has 0 N–H and O–H groups in total. The molecule has 0 bridgehead atoms. The Morgan fingerprint density at radius 1 is 0.737 bits per heavy atom. The molecule has 0 saturated carbocycles. The van der Waals surface area contributed by atoms with E-state index in [9.17, 15) is 0 Å². The van der Waals surface area contributed by atoms with Gasteiger partial charge in [0.1, 0.15) is 0 Å². The highest BCUT2D eigenvalue weighted by Crippen LogP contribution is 2.57. The molecule has 0 radical (unpaired) electrons. The highest BCUT2D eigenvalue weighted by atomic mass is 15.4. The van der Waals surface area contributed by atoms with Gasteiger partial charge in [-0.2, -0.15) is 0 Å². The second-order valence-corrected chi connectivity index (χ2v) is 7.86. The Morgan fingerprint density at radius 3 is 1.37 bits per heavy atom. The molecule has 0 spiro atoms. The summed E-state index contributed by atoms with van der Waals surface area (Å²) in [5, 5.41) is 0. The van der Waals surface area contributed by atoms with Crippen LogP contribution in [0.5, 0.6) is 0 Å². The van der Waals surface area contributed by atoms with Crippen LogP contribution >= 0.6 is 0 Å². The first-order valence-corrected chi connectivity index (χ1v) is 8.12. The summed E-state index contributed by atoms with van der Waals surface area (Å²) in [6.45, 7) is 21.0. The van der Waals surface area contributed by atoms with E-state index in [0.717, 1.165) is 0 Å². The maximum Gasteiger partial charge on any atom is 0.0178 e. The molecule has 0 aromatic heterocycles. The highest BCUT2D eigenvalue weighted by Gasteiger charge is 2.66. The number of likely N-dealkylation sites (tertiary alicyclic amines) is 3. The van der Waals surface area contributed by atoms with E-state index in [4.69, 9.17) is 0 Å². The van der Waals surface area contributed by atoms with Crippen molar-refractivity contribution in [2.24, 2.45) is 10.8 Å². The Balaban J connectivity index is 1.87. The van der Waals surface area contributed by atoms with Crippen LogP contribution < -0.4 is 0 Å². The molecule has 3 heteroatoms. The van der Waals surface area contributed by atoms with Crippen molar-refractivity contribution in [2.75, 3.05) is 45.8 Å². The maximum absolute atomic E-state index is 2.74. The first-order valence-electron chi connectivity index (χ1n) is 8.12. The van der Waals surface area contributed by atoms with Crippen LogP contribution in [0.2, 0.25) is 0 Å². The molecule has 3 fully saturated rings. The molecule has 3 heterocycles. The Hall–Kier alpha value is -0.120. The van der Waals surface area contributed by atoms with Crippen molar-refractivity contribution in [1.29, 1.82) is 0 Å². The lowest BCUT2D eigenvalue weighted by atomic mass is 9.71. The number of hydrogen-bond donors (Lipinski definition) is 0. The summed E-state index contributed by atoms with van der Waals surface area (Å²) in [7, 11) is 0. The van der Waals surface area contributed by atoms with E-state index in [-0.39, 0.29) is 0 Å². The van der Waals surface area contributed by atoms with E-state index in [0.29, 0.717) is 22.9 Å². The quantitative estimate of drug-likeness (QED) is 0.770. The second-order valence-electron chi connectivity index (χ2n) is 7.86. The van der Waals surface area contributed by atoms with Crippen LogP contribution in [0.4, 0.5) is 0 Å². The summed E-state index contributed by atoms with van der Waals surface area (Å²) in [4.78, 5) is 8.19. The van der Waals surface area contributed by atoms with Crippen LogP contribution in [-0.2, 0) is 0 Å². The largest absolute Gasteiger partial charge is 0.302 e. The minimum Gasteiger partial charge on any atom is -0.302 e. The fraction of sp³-hybridized carbons (Fsp3) is 1.00. The van der Waals surface area contributed by atoms with Gasteiger partial charge in [-0.1, -0.05) is 6.92 Å². The SMILES string of the molecule is CCN1CC23CN(C(C)C)CC2(C1)CN(C(C)C)C3. The summed E-state index contributed by atoms with van der Waals surface area (Å²) < 4.78 is 0. The van der Waals surface area contributed by atoms with Gasteiger partial charge in [0.15, 0.2) is 0 Å². The van der Waals surface area contributed by atoms with Gasteiger partial charge in [0.2, 0.25) is 0 Å². The lowest BCUT2D eigenvalue weighted by molar-refractivity contribution is 0.134. The third-order valence-corrected chi connectivity index (χ3v) is 6.11. The summed E-state index contributed by atoms with van der Waals surface area (Å²) in [6, 6.07) is 1.42. The third kappa shape index (κ3) is 1.89. The first-order chi connectivity index (χ1) is 8.91. The number of nitrogens with zero attached hydrogens (tertiary/aromatic N) is 3. The van der Waals surface area contributed by atoms with Gasteiger partial charge < -0.3 is 4.90 Å². The van der Waals surface area contributed by atoms with Crippen molar-refractivity contribution in [1.82, 2.24) is 14.7 Å². The highest BCUT2D eigenvalue weighted by molar-refractivity contribution is 5.19. The molecular formula is C16H31N3. The monoisotopic (exact) mass is 265 g/mol. The van der Waals surface area contributed by atoms with Crippen molar-refractivity contribution >= 4 is 0 Å². The molecule has 0 atom stereocenters. The molecule has 3 aliphatic rings. The summed E-state index contributed by atoms with van der Waals surface area (Å²) in [5.74, 6) is 0. The lowest BCUT2D eigenvalue weighted by Crippen LogP contribution is -2.43. The predicted octanol–water partition coefficient (Wildman–Crippen LogP) is 1.74. The fourth-order valence-electron chi connectivity index (χ4n) is 4.84. The zero-order valence-electron chi connectivity index (χ0n) is 13.4. The molecule has 3 rings (SSSR count). The standard InChI is InChI=1S/C16H31N3/c1-6-17-7-15-9-18(13(2)3)10-16(15,8-17)12-19(11-15)14(4)5/h13-14H,6-12H2,1-5H3. The van der Waals surface area contributed by atoms with E-state index in [1.54, 1.807) is 0 Å². The summed E-state index contributed by atoms with van der Waals surface area (Å²) in [6.07, 6.45) is 0. The van der Waals surface area contributed by atoms with E-state index in [1.165, 1.54) is 45.8 Å². The lowest BCUT2D eigenvalue weighted by Gasteiger charge is -2.33. The van der Waals surface area contributed by atoms with Gasteiger partial charge in [-0.3, -0.25) is 9.80 Å². The van der Waals surface area contributed by atoms with Crippen LogP contribution in [0.1, 0.15) is 34.6 Å². The first kappa shape index (κ1) is 13.8. The zero-order chi connectivity index (χ0) is 13.8. The van der Waals surface area contributed by atoms with E-state index in [1.807, 2.05) is 0 Å². The molecule has 0 unspecified atom stereocenters. The third-order valence-electron chi connectivity index (χ3n) is 6.11. The molecule has 3 saturated heterocycles. The zero-order valence-corrected chi connectivity index (χ0v) is 13.4. The predicted molar refractivity (Wildman–Crippen MR) is 80.4 cm³/mol. The molecular weight excluding hydrogens is 234 g/mol. The molecule has 0 aliphatic carbocycles. The van der Waals surface area contributed by atoms with Crippen LogP contribution in [0, 0.1) is 10.8 Å². The average molecular weight is 265 g/mol. The number of rotatable bonds is 3. The van der Waals surface area contributed by atoms with Gasteiger partial charge >= 0.3 is 0 Å². The topological polar surface area (TPSA) is 9.72 Å². The Kier molecular flexibility index (Phi) is 3.23. The van der Waals surface area contributed by atoms with Gasteiger partial charge in [0, 0.05) is 62.2 Å². The van der Waals surface area contributed by atoms with Crippen molar-refractivity contribution < 1.29 is 0 Å². The molecule has 0 aromatic carbocycles. The molecule has 3 aliphatic heterocycles. The van der Waals surface area contributed by atoms with E-state index < -0.39 is 0 Å². The van der Waals surface area contributed by atoms with Crippen LogP contribution in [0.15, 0.2) is 0 Å². The minimum absolute atomic E-state index is 0.553. The van der Waals surface area contributed by atoms with E-state index >= 15 is 0 Å². The van der Waals surface area contributed by atoms with Gasteiger partial charge in [-0.15, -0.1) is 0 Å². The Labute approximate surface area is 118 Å². The molecule has 19 heavy (non-hydrogen) atoms. The van der Waals surface area contributed by atoms with Gasteiger partial charge in [0.25, 0.3) is 0 Å². The van der Waals surface area contributed by atoms with Crippen molar-refractivity contribution in [3.05, 3.63) is 0 Å². The van der Waals surface area contributed by atoms with Crippen LogP contribution in [0.25, 0.3) is 0 Å². The maximum atomic E-state index is 2.74. The van der Waals surface area contributed by atoms with Gasteiger partial charge in [-0.05, 0) is 34.2 Å². The number of hydrogen-bond acceptors (Lipinski definition) is 3. The smallest absolute Gasteiger partial charge is 0.0178 e. The van der Waals surface area contributed by atoms with Crippen LogP contribution in [-0.4, -0.2) is 72.6 Å². The molecule has 3 nitrogen and oxygen atoms in total. The van der Waals surface area contributed by atoms with Crippen molar-refractivity contribution in [3.63, 3.8) is 0 Å². The van der Waals surface area contributed by atoms with Crippen molar-refractivity contribution in [3.8, 4) is 0 Å². The molecule has 0 amide bonds. The summed E-state index contributed by atoms with van der Waals surface area (Å²) >= 11 is 0. The molecule has 110 valence electrons. The Morgan fingerprint density at radius 2 is 1.11 bits per heavy atom. The minimum atomic E-state index is 0.553. The van der Waals surface area contributed by atoms with Gasteiger partial charge in [0.05, 0.1) is 0 Å².